The Hall–Kier alpha value is -1.53. The third-order valence-corrected chi connectivity index (χ3v) is 3.64. The Morgan fingerprint density at radius 3 is 2.50 bits per heavy atom. The van der Waals surface area contributed by atoms with Gasteiger partial charge in [0.25, 0.3) is 0 Å². The molecule has 0 atom stereocenters. The first-order valence-electron chi connectivity index (χ1n) is 5.36. The lowest BCUT2D eigenvalue weighted by molar-refractivity contribution is -0.137. The van der Waals surface area contributed by atoms with Crippen molar-refractivity contribution in [3.63, 3.8) is 0 Å². The molecular weight excluding hydrogens is 311 g/mol. The molecule has 0 aliphatic carbocycles. The lowest BCUT2D eigenvalue weighted by Gasteiger charge is -2.07. The molecule has 0 N–H and O–H groups in total. The van der Waals surface area contributed by atoms with Crippen LogP contribution in [-0.4, -0.2) is 11.3 Å². The molecule has 2 rings (SSSR count). The second-order valence-corrected chi connectivity index (χ2v) is 5.28. The van der Waals surface area contributed by atoms with Crippen LogP contribution < -0.4 is 0 Å². The fraction of sp³-hybridized carbons (Fsp3) is 0.0769. The smallest absolute Gasteiger partial charge is 0.298 e. The maximum atomic E-state index is 12.4. The second kappa shape index (κ2) is 5.85. The maximum absolute atomic E-state index is 12.4. The number of benzene rings is 1. The van der Waals surface area contributed by atoms with Crippen LogP contribution in [0.3, 0.4) is 0 Å². The second-order valence-electron chi connectivity index (χ2n) is 3.78. The average Bonchev–Trinajstić information content (AvgIpc) is 2.38. The molecule has 0 radical (unpaired) electrons. The molecule has 0 saturated carbocycles. The van der Waals surface area contributed by atoms with Crippen LogP contribution in [-0.2, 0) is 6.18 Å². The first-order valence-corrected chi connectivity index (χ1v) is 6.55. The van der Waals surface area contributed by atoms with E-state index in [1.165, 1.54) is 6.07 Å². The Balaban J connectivity index is 2.26. The van der Waals surface area contributed by atoms with Gasteiger partial charge in [-0.3, -0.25) is 4.79 Å². The molecule has 7 heteroatoms. The molecule has 0 amide bonds. The van der Waals surface area contributed by atoms with Gasteiger partial charge in [0.1, 0.15) is 5.03 Å². The molecular formula is C13H7ClF3NOS. The number of aldehydes is 1. The average molecular weight is 318 g/mol. The Labute approximate surface area is 122 Å². The van der Waals surface area contributed by atoms with Crippen molar-refractivity contribution in [1.29, 1.82) is 0 Å². The molecule has 2 nitrogen and oxygen atoms in total. The fourth-order valence-electron chi connectivity index (χ4n) is 1.41. The number of hydrogen-bond acceptors (Lipinski definition) is 3. The Kier molecular flexibility index (Phi) is 4.35. The fourth-order valence-corrected chi connectivity index (χ4v) is 2.54. The van der Waals surface area contributed by atoms with Gasteiger partial charge < -0.3 is 0 Å². The molecule has 0 bridgehead atoms. The summed E-state index contributed by atoms with van der Waals surface area (Å²) in [6, 6.07) is 6.87. The molecule has 0 fully saturated rings. The normalized spacial score (nSPS) is 11.4. The van der Waals surface area contributed by atoms with Gasteiger partial charge in [0.05, 0.1) is 5.56 Å². The molecule has 1 heterocycles. The number of nitrogens with zero attached hydrogens (tertiary/aromatic N) is 1. The number of pyridine rings is 1. The van der Waals surface area contributed by atoms with Crippen LogP contribution in [0, 0.1) is 0 Å². The van der Waals surface area contributed by atoms with Crippen LogP contribution >= 0.6 is 23.4 Å². The van der Waals surface area contributed by atoms with Crippen molar-refractivity contribution < 1.29 is 18.0 Å². The number of alkyl halides is 3. The van der Waals surface area contributed by atoms with Gasteiger partial charge in [-0.15, -0.1) is 0 Å². The third-order valence-electron chi connectivity index (χ3n) is 2.38. The summed E-state index contributed by atoms with van der Waals surface area (Å²) in [5.74, 6) is 0. The SMILES string of the molecule is O=Cc1ccc(Cl)cc1Sc1ccc(C(F)(F)F)cn1. The highest BCUT2D eigenvalue weighted by Gasteiger charge is 2.30. The Morgan fingerprint density at radius 2 is 1.95 bits per heavy atom. The van der Waals surface area contributed by atoms with E-state index in [1.807, 2.05) is 0 Å². The highest BCUT2D eigenvalue weighted by Crippen LogP contribution is 2.33. The van der Waals surface area contributed by atoms with Crippen molar-refractivity contribution in [2.24, 2.45) is 0 Å². The molecule has 0 aliphatic rings. The van der Waals surface area contributed by atoms with Gasteiger partial charge in [-0.05, 0) is 30.3 Å². The number of aromatic nitrogens is 1. The van der Waals surface area contributed by atoms with Crippen LogP contribution in [0.25, 0.3) is 0 Å². The third kappa shape index (κ3) is 3.52. The minimum atomic E-state index is -4.42. The van der Waals surface area contributed by atoms with Crippen molar-refractivity contribution in [2.75, 3.05) is 0 Å². The Bertz CT molecular complexity index is 629. The van der Waals surface area contributed by atoms with E-state index in [4.69, 9.17) is 11.6 Å². The molecule has 0 spiro atoms. The van der Waals surface area contributed by atoms with Crippen LogP contribution in [0.5, 0.6) is 0 Å². The summed E-state index contributed by atoms with van der Waals surface area (Å²) in [5, 5.41) is 0.786. The highest BCUT2D eigenvalue weighted by atomic mass is 35.5. The summed E-state index contributed by atoms with van der Waals surface area (Å²) in [7, 11) is 0. The molecule has 0 aliphatic heterocycles. The number of halogens is 4. The predicted molar refractivity (Wildman–Crippen MR) is 70.2 cm³/mol. The summed E-state index contributed by atoms with van der Waals surface area (Å²) in [4.78, 5) is 15.2. The van der Waals surface area contributed by atoms with Crippen molar-refractivity contribution in [2.45, 2.75) is 16.1 Å². The summed E-state index contributed by atoms with van der Waals surface area (Å²) in [6.45, 7) is 0. The van der Waals surface area contributed by atoms with E-state index < -0.39 is 11.7 Å². The zero-order chi connectivity index (χ0) is 14.8. The van der Waals surface area contributed by atoms with Gasteiger partial charge in [-0.2, -0.15) is 13.2 Å². The van der Waals surface area contributed by atoms with E-state index in [-0.39, 0.29) is 0 Å². The van der Waals surface area contributed by atoms with E-state index in [0.29, 0.717) is 26.8 Å². The van der Waals surface area contributed by atoms with Crippen LogP contribution in [0.15, 0.2) is 46.5 Å². The lowest BCUT2D eigenvalue weighted by Crippen LogP contribution is -2.05. The van der Waals surface area contributed by atoms with Gasteiger partial charge >= 0.3 is 6.18 Å². The zero-order valence-corrected chi connectivity index (χ0v) is 11.4. The van der Waals surface area contributed by atoms with E-state index in [0.717, 1.165) is 24.0 Å². The first kappa shape index (κ1) is 14.9. The van der Waals surface area contributed by atoms with E-state index in [1.54, 1.807) is 18.2 Å². The molecule has 0 saturated heterocycles. The van der Waals surface area contributed by atoms with E-state index in [9.17, 15) is 18.0 Å². The highest BCUT2D eigenvalue weighted by molar-refractivity contribution is 7.99. The van der Waals surface area contributed by atoms with Crippen LogP contribution in [0.4, 0.5) is 13.2 Å². The van der Waals surface area contributed by atoms with Crippen molar-refractivity contribution in [3.8, 4) is 0 Å². The van der Waals surface area contributed by atoms with Crippen molar-refractivity contribution in [3.05, 3.63) is 52.7 Å². The monoisotopic (exact) mass is 317 g/mol. The van der Waals surface area contributed by atoms with Crippen molar-refractivity contribution in [1.82, 2.24) is 4.98 Å². The Morgan fingerprint density at radius 1 is 1.20 bits per heavy atom. The van der Waals surface area contributed by atoms with Gasteiger partial charge in [-0.25, -0.2) is 4.98 Å². The number of carbonyl (C=O) groups is 1. The number of carbonyl (C=O) groups excluding carboxylic acids is 1. The predicted octanol–water partition coefficient (Wildman–Crippen LogP) is 4.72. The molecule has 20 heavy (non-hydrogen) atoms. The van der Waals surface area contributed by atoms with Gasteiger partial charge in [0, 0.05) is 21.7 Å². The maximum Gasteiger partial charge on any atom is 0.417 e. The minimum absolute atomic E-state index is 0.350. The minimum Gasteiger partial charge on any atom is -0.298 e. The molecule has 1 aromatic heterocycles. The van der Waals surface area contributed by atoms with Crippen molar-refractivity contribution >= 4 is 29.6 Å². The summed E-state index contributed by atoms with van der Waals surface area (Å²) < 4.78 is 37.2. The summed E-state index contributed by atoms with van der Waals surface area (Å²) in [6.07, 6.45) is -3.00. The van der Waals surface area contributed by atoms with Crippen LogP contribution in [0.1, 0.15) is 15.9 Å². The zero-order valence-electron chi connectivity index (χ0n) is 9.82. The number of hydrogen-bond donors (Lipinski definition) is 0. The number of rotatable bonds is 3. The van der Waals surface area contributed by atoms with E-state index in [2.05, 4.69) is 4.98 Å². The molecule has 104 valence electrons. The van der Waals surface area contributed by atoms with E-state index >= 15 is 0 Å². The lowest BCUT2D eigenvalue weighted by atomic mass is 10.2. The van der Waals surface area contributed by atoms with Gasteiger partial charge in [0.2, 0.25) is 0 Å². The quantitative estimate of drug-likeness (QED) is 0.767. The molecule has 0 unspecified atom stereocenters. The van der Waals surface area contributed by atoms with Gasteiger partial charge in [-0.1, -0.05) is 23.4 Å². The van der Waals surface area contributed by atoms with Crippen LogP contribution in [0.2, 0.25) is 5.02 Å². The topological polar surface area (TPSA) is 30.0 Å². The summed E-state index contributed by atoms with van der Waals surface area (Å²) in [5.41, 5.74) is -0.412. The molecule has 1 aromatic carbocycles. The molecule has 2 aromatic rings. The largest absolute Gasteiger partial charge is 0.417 e. The standard InChI is InChI=1S/C13H7ClF3NOS/c14-10-3-1-8(7-19)11(5-10)20-12-4-2-9(6-18-12)13(15,16)17/h1-7H. The summed E-state index contributed by atoms with van der Waals surface area (Å²) >= 11 is 6.90. The first-order chi connectivity index (χ1) is 9.40. The van der Waals surface area contributed by atoms with Gasteiger partial charge in [0.15, 0.2) is 6.29 Å².